The van der Waals surface area contributed by atoms with E-state index >= 15 is 0 Å². The molecule has 5 nitrogen and oxygen atoms in total. The van der Waals surface area contributed by atoms with Gasteiger partial charge in [0.25, 0.3) is 0 Å². The second-order valence-corrected chi connectivity index (χ2v) is 6.78. The zero-order valence-electron chi connectivity index (χ0n) is 14.5. The number of nitrogens with two attached hydrogens (primary N) is 1. The van der Waals surface area contributed by atoms with Crippen molar-refractivity contribution in [3.63, 3.8) is 0 Å². The number of aromatic nitrogens is 1. The smallest absolute Gasteiger partial charge is 0.148 e. The van der Waals surface area contributed by atoms with Gasteiger partial charge in [0.05, 0.1) is 11.2 Å². The van der Waals surface area contributed by atoms with E-state index in [1.165, 1.54) is 0 Å². The molecule has 0 unspecified atom stereocenters. The Kier molecular flexibility index (Phi) is 6.46. The third kappa shape index (κ3) is 6.10. The minimum absolute atomic E-state index is 0.0768. The number of rotatable bonds is 7. The van der Waals surface area contributed by atoms with Gasteiger partial charge in [-0.1, -0.05) is 41.6 Å². The molecule has 0 bridgehead atoms. The van der Waals surface area contributed by atoms with E-state index in [0.717, 1.165) is 11.3 Å². The van der Waals surface area contributed by atoms with Crippen LogP contribution in [0.2, 0.25) is 0 Å². The van der Waals surface area contributed by atoms with Gasteiger partial charge in [-0.2, -0.15) is 0 Å². The number of aliphatic hydroxyl groups excluding tert-OH is 1. The molecule has 1 heterocycles. The Hall–Kier alpha value is -2.24. The SMILES string of the molecule is CC(C)(C)[NH2+]C[C@H](O)CO/N=C(/c1ccccc1)c1ccccn1. The molecule has 0 radical (unpaired) electrons. The number of benzene rings is 1. The Morgan fingerprint density at radius 2 is 1.88 bits per heavy atom. The summed E-state index contributed by atoms with van der Waals surface area (Å²) in [5, 5.41) is 16.3. The molecular formula is C19H26N3O2+. The molecular weight excluding hydrogens is 302 g/mol. The van der Waals surface area contributed by atoms with Crippen molar-refractivity contribution in [2.75, 3.05) is 13.2 Å². The van der Waals surface area contributed by atoms with Gasteiger partial charge in [-0.3, -0.25) is 4.98 Å². The standard InChI is InChI=1S/C19H25N3O2/c1-19(2,3)21-13-16(23)14-24-22-18(15-9-5-4-6-10-15)17-11-7-8-12-20-17/h4-12,16,21,23H,13-14H2,1-3H3/p+1/b22-18-/t16-/m0/s1. The van der Waals surface area contributed by atoms with E-state index in [9.17, 15) is 5.11 Å². The summed E-state index contributed by atoms with van der Waals surface area (Å²) in [5.41, 5.74) is 2.39. The van der Waals surface area contributed by atoms with Gasteiger partial charge >= 0.3 is 0 Å². The van der Waals surface area contributed by atoms with Crippen molar-refractivity contribution in [2.24, 2.45) is 5.16 Å². The topological polar surface area (TPSA) is 71.3 Å². The first kappa shape index (κ1) is 18.1. The first-order chi connectivity index (χ1) is 11.5. The molecule has 0 spiro atoms. The van der Waals surface area contributed by atoms with Gasteiger partial charge < -0.3 is 15.3 Å². The van der Waals surface area contributed by atoms with Gasteiger partial charge in [0.2, 0.25) is 0 Å². The molecule has 0 amide bonds. The highest BCUT2D eigenvalue weighted by Crippen LogP contribution is 2.09. The molecule has 0 saturated carbocycles. The summed E-state index contributed by atoms with van der Waals surface area (Å²) in [6.45, 7) is 7.03. The Labute approximate surface area is 143 Å². The summed E-state index contributed by atoms with van der Waals surface area (Å²) in [5.74, 6) is 0. The zero-order chi connectivity index (χ0) is 17.4. The Morgan fingerprint density at radius 3 is 2.50 bits per heavy atom. The molecule has 128 valence electrons. The molecule has 1 aromatic carbocycles. The van der Waals surface area contributed by atoms with E-state index in [0.29, 0.717) is 12.3 Å². The lowest BCUT2D eigenvalue weighted by atomic mass is 10.1. The van der Waals surface area contributed by atoms with E-state index in [2.05, 4.69) is 36.2 Å². The number of pyridine rings is 1. The molecule has 0 aliphatic carbocycles. The van der Waals surface area contributed by atoms with E-state index in [4.69, 9.17) is 4.84 Å². The van der Waals surface area contributed by atoms with Crippen molar-refractivity contribution >= 4 is 5.71 Å². The summed E-state index contributed by atoms with van der Waals surface area (Å²) in [6, 6.07) is 15.4. The minimum Gasteiger partial charge on any atom is -0.392 e. The number of aliphatic hydroxyl groups is 1. The average molecular weight is 328 g/mol. The summed E-state index contributed by atoms with van der Waals surface area (Å²) < 4.78 is 0. The Bertz CT molecular complexity index is 595. The minimum atomic E-state index is -0.575. The van der Waals surface area contributed by atoms with Crippen molar-refractivity contribution in [3.05, 3.63) is 66.0 Å². The van der Waals surface area contributed by atoms with Crippen molar-refractivity contribution in [2.45, 2.75) is 32.4 Å². The fraction of sp³-hybridized carbons (Fsp3) is 0.368. The van der Waals surface area contributed by atoms with Crippen LogP contribution in [-0.2, 0) is 4.84 Å². The van der Waals surface area contributed by atoms with Crippen LogP contribution < -0.4 is 5.32 Å². The molecule has 0 saturated heterocycles. The fourth-order valence-electron chi connectivity index (χ4n) is 2.09. The number of hydrogen-bond donors (Lipinski definition) is 2. The van der Waals surface area contributed by atoms with Gasteiger partial charge in [-0.25, -0.2) is 0 Å². The molecule has 0 fully saturated rings. The van der Waals surface area contributed by atoms with Crippen molar-refractivity contribution in [3.8, 4) is 0 Å². The normalized spacial score (nSPS) is 13.6. The van der Waals surface area contributed by atoms with Crippen LogP contribution in [0.25, 0.3) is 0 Å². The maximum atomic E-state index is 10.0. The average Bonchev–Trinajstić information content (AvgIpc) is 2.58. The first-order valence-electron chi connectivity index (χ1n) is 8.15. The molecule has 5 heteroatoms. The van der Waals surface area contributed by atoms with Crippen LogP contribution in [0.1, 0.15) is 32.0 Å². The maximum absolute atomic E-state index is 10.0. The van der Waals surface area contributed by atoms with E-state index in [-0.39, 0.29) is 12.1 Å². The maximum Gasteiger partial charge on any atom is 0.148 e. The highest BCUT2D eigenvalue weighted by Gasteiger charge is 2.16. The van der Waals surface area contributed by atoms with E-state index in [1.54, 1.807) is 6.20 Å². The summed E-state index contributed by atoms with van der Waals surface area (Å²) in [4.78, 5) is 9.75. The highest BCUT2D eigenvalue weighted by molar-refractivity contribution is 6.11. The van der Waals surface area contributed by atoms with Gasteiger partial charge in [-0.05, 0) is 32.9 Å². The molecule has 24 heavy (non-hydrogen) atoms. The van der Waals surface area contributed by atoms with Crippen LogP contribution in [0.3, 0.4) is 0 Å². The fourth-order valence-corrected chi connectivity index (χ4v) is 2.09. The van der Waals surface area contributed by atoms with Crippen LogP contribution in [-0.4, -0.2) is 40.6 Å². The third-order valence-corrected chi connectivity index (χ3v) is 3.38. The first-order valence-corrected chi connectivity index (χ1v) is 8.15. The van der Waals surface area contributed by atoms with Crippen LogP contribution in [0.5, 0.6) is 0 Å². The van der Waals surface area contributed by atoms with Gasteiger partial charge in [-0.15, -0.1) is 0 Å². The molecule has 3 N–H and O–H groups in total. The molecule has 1 atom stereocenters. The van der Waals surface area contributed by atoms with Crippen molar-refractivity contribution < 1.29 is 15.3 Å². The molecule has 2 aromatic rings. The number of nitrogens with zero attached hydrogens (tertiary/aromatic N) is 2. The molecule has 0 aliphatic heterocycles. The number of oxime groups is 1. The largest absolute Gasteiger partial charge is 0.392 e. The quantitative estimate of drug-likeness (QED) is 0.599. The lowest BCUT2D eigenvalue weighted by Gasteiger charge is -2.18. The van der Waals surface area contributed by atoms with Gasteiger partial charge in [0, 0.05) is 11.8 Å². The predicted molar refractivity (Wildman–Crippen MR) is 94.8 cm³/mol. The number of hydrogen-bond acceptors (Lipinski definition) is 4. The van der Waals surface area contributed by atoms with Crippen LogP contribution in [0, 0.1) is 0 Å². The summed E-state index contributed by atoms with van der Waals surface area (Å²) >= 11 is 0. The van der Waals surface area contributed by atoms with E-state index < -0.39 is 6.10 Å². The summed E-state index contributed by atoms with van der Waals surface area (Å²) in [6.07, 6.45) is 1.15. The van der Waals surface area contributed by atoms with Crippen LogP contribution >= 0.6 is 0 Å². The van der Waals surface area contributed by atoms with Crippen molar-refractivity contribution in [1.82, 2.24) is 4.98 Å². The van der Waals surface area contributed by atoms with E-state index in [1.807, 2.05) is 48.5 Å². The van der Waals surface area contributed by atoms with Gasteiger partial charge in [0.15, 0.2) is 0 Å². The second kappa shape index (κ2) is 8.57. The Balaban J connectivity index is 2.04. The molecule has 0 aliphatic rings. The third-order valence-electron chi connectivity index (χ3n) is 3.38. The predicted octanol–water partition coefficient (Wildman–Crippen LogP) is 1.57. The molecule has 1 aromatic heterocycles. The molecule has 2 rings (SSSR count). The second-order valence-electron chi connectivity index (χ2n) is 6.78. The van der Waals surface area contributed by atoms with Crippen LogP contribution in [0.15, 0.2) is 59.9 Å². The lowest BCUT2D eigenvalue weighted by Crippen LogP contribution is -2.96. The Morgan fingerprint density at radius 1 is 1.17 bits per heavy atom. The van der Waals surface area contributed by atoms with Crippen LogP contribution in [0.4, 0.5) is 0 Å². The monoisotopic (exact) mass is 328 g/mol. The zero-order valence-corrected chi connectivity index (χ0v) is 14.5. The highest BCUT2D eigenvalue weighted by atomic mass is 16.6. The van der Waals surface area contributed by atoms with Crippen molar-refractivity contribution in [1.29, 1.82) is 0 Å². The number of quaternary nitrogens is 1. The summed E-state index contributed by atoms with van der Waals surface area (Å²) in [7, 11) is 0. The van der Waals surface area contributed by atoms with Gasteiger partial charge in [0.1, 0.15) is 25.0 Å². The lowest BCUT2D eigenvalue weighted by molar-refractivity contribution is -0.722.